The predicted molar refractivity (Wildman–Crippen MR) is 72.9 cm³/mol. The van der Waals surface area contributed by atoms with E-state index in [1.807, 2.05) is 0 Å². The molecule has 0 radical (unpaired) electrons. The number of nitrogens with zero attached hydrogens (tertiary/aromatic N) is 2. The van der Waals surface area contributed by atoms with Crippen LogP contribution in [0.15, 0.2) is 22.7 Å². The molecule has 21 heavy (non-hydrogen) atoms. The van der Waals surface area contributed by atoms with Crippen LogP contribution < -0.4 is 10.6 Å². The van der Waals surface area contributed by atoms with Crippen molar-refractivity contribution < 1.29 is 13.7 Å². The molecule has 0 aliphatic carbocycles. The molecule has 1 unspecified atom stereocenters. The number of nitrogens with one attached hydrogen (secondary N) is 2. The summed E-state index contributed by atoms with van der Waals surface area (Å²) in [6.07, 6.45) is 0.332. The van der Waals surface area contributed by atoms with E-state index in [9.17, 15) is 9.18 Å². The lowest BCUT2D eigenvalue weighted by molar-refractivity contribution is -0.124. The molecule has 3 rings (SSSR count). The van der Waals surface area contributed by atoms with E-state index >= 15 is 0 Å². The minimum absolute atomic E-state index is 0.0704. The lowest BCUT2D eigenvalue weighted by atomic mass is 10.1. The quantitative estimate of drug-likeness (QED) is 0.874. The van der Waals surface area contributed by atoms with E-state index in [-0.39, 0.29) is 17.8 Å². The number of carbonyl (C=O) groups is 1. The Bertz CT molecular complexity index is 671. The van der Waals surface area contributed by atoms with Crippen molar-refractivity contribution in [1.82, 2.24) is 20.8 Å². The molecule has 1 aromatic heterocycles. The monoisotopic (exact) mass is 290 g/mol. The fourth-order valence-corrected chi connectivity index (χ4v) is 2.31. The fraction of sp³-hybridized carbons (Fsp3) is 0.357. The van der Waals surface area contributed by atoms with Gasteiger partial charge in [0.2, 0.25) is 17.6 Å². The molecule has 0 bridgehead atoms. The molecule has 7 heteroatoms. The van der Waals surface area contributed by atoms with Gasteiger partial charge < -0.3 is 15.2 Å². The molecule has 1 atom stereocenters. The van der Waals surface area contributed by atoms with Crippen LogP contribution in [0.4, 0.5) is 4.39 Å². The molecule has 1 aliphatic heterocycles. The van der Waals surface area contributed by atoms with Crippen LogP contribution in [0.3, 0.4) is 0 Å². The molecule has 1 amide bonds. The summed E-state index contributed by atoms with van der Waals surface area (Å²) in [5.74, 6) is 0.406. The molecular formula is C14H15FN4O2. The average Bonchev–Trinajstić information content (AvgIpc) is 2.90. The second kappa shape index (κ2) is 5.61. The van der Waals surface area contributed by atoms with Crippen molar-refractivity contribution in [3.63, 3.8) is 0 Å². The van der Waals surface area contributed by atoms with Crippen LogP contribution in [0.2, 0.25) is 0 Å². The Morgan fingerprint density at radius 3 is 3.05 bits per heavy atom. The van der Waals surface area contributed by atoms with Gasteiger partial charge in [-0.2, -0.15) is 4.98 Å². The molecule has 110 valence electrons. The van der Waals surface area contributed by atoms with Crippen molar-refractivity contribution in [2.75, 3.05) is 13.1 Å². The molecule has 6 nitrogen and oxygen atoms in total. The molecule has 1 aromatic carbocycles. The molecule has 2 heterocycles. The second-order valence-electron chi connectivity index (χ2n) is 4.97. The van der Waals surface area contributed by atoms with Gasteiger partial charge in [-0.1, -0.05) is 5.16 Å². The van der Waals surface area contributed by atoms with Crippen molar-refractivity contribution in [2.45, 2.75) is 19.4 Å². The Kier molecular flexibility index (Phi) is 3.66. The summed E-state index contributed by atoms with van der Waals surface area (Å²) in [6.45, 7) is 3.12. The predicted octanol–water partition coefficient (Wildman–Crippen LogP) is 0.815. The maximum Gasteiger partial charge on any atom is 0.237 e. The average molecular weight is 290 g/mol. The Morgan fingerprint density at radius 1 is 1.43 bits per heavy atom. The summed E-state index contributed by atoms with van der Waals surface area (Å²) in [5.41, 5.74) is 1.45. The third kappa shape index (κ3) is 2.92. The molecular weight excluding hydrogens is 275 g/mol. The highest BCUT2D eigenvalue weighted by molar-refractivity contribution is 5.82. The molecule has 1 saturated heterocycles. The largest absolute Gasteiger partial charge is 0.353 e. The standard InChI is InChI=1S/C14H15FN4O2/c1-8-6-9(15)2-3-10(8)13-18-12(21-19-13)7-11-14(20)17-5-4-16-11/h2-3,6,11,16H,4-5,7H2,1H3,(H,17,20). The maximum atomic E-state index is 13.1. The van der Waals surface area contributed by atoms with E-state index in [1.54, 1.807) is 13.0 Å². The summed E-state index contributed by atoms with van der Waals surface area (Å²) in [7, 11) is 0. The third-order valence-corrected chi connectivity index (χ3v) is 3.41. The van der Waals surface area contributed by atoms with Crippen LogP contribution in [0.1, 0.15) is 11.5 Å². The summed E-state index contributed by atoms with van der Waals surface area (Å²) in [4.78, 5) is 15.9. The molecule has 1 aliphatic rings. The van der Waals surface area contributed by atoms with Gasteiger partial charge in [-0.3, -0.25) is 4.79 Å². The van der Waals surface area contributed by atoms with Gasteiger partial charge in [-0.15, -0.1) is 0 Å². The van der Waals surface area contributed by atoms with Crippen molar-refractivity contribution in [3.05, 3.63) is 35.5 Å². The zero-order valence-electron chi connectivity index (χ0n) is 11.5. The molecule has 1 fully saturated rings. The minimum Gasteiger partial charge on any atom is -0.353 e. The number of hydrogen-bond donors (Lipinski definition) is 2. The van der Waals surface area contributed by atoms with Gasteiger partial charge in [0.1, 0.15) is 5.82 Å². The summed E-state index contributed by atoms with van der Waals surface area (Å²) in [5, 5.41) is 9.77. The Labute approximate surface area is 120 Å². The van der Waals surface area contributed by atoms with Crippen LogP contribution in [0.5, 0.6) is 0 Å². The number of hydrogen-bond acceptors (Lipinski definition) is 5. The van der Waals surface area contributed by atoms with Crippen LogP contribution in [0.25, 0.3) is 11.4 Å². The molecule has 0 saturated carbocycles. The first-order valence-electron chi connectivity index (χ1n) is 6.73. The number of halogens is 1. The van der Waals surface area contributed by atoms with Crippen molar-refractivity contribution >= 4 is 5.91 Å². The third-order valence-electron chi connectivity index (χ3n) is 3.41. The van der Waals surface area contributed by atoms with Gasteiger partial charge in [0.15, 0.2) is 0 Å². The highest BCUT2D eigenvalue weighted by Crippen LogP contribution is 2.21. The zero-order valence-corrected chi connectivity index (χ0v) is 11.5. The van der Waals surface area contributed by atoms with Gasteiger partial charge in [0, 0.05) is 18.7 Å². The van der Waals surface area contributed by atoms with E-state index in [1.165, 1.54) is 12.1 Å². The number of amides is 1. The molecule has 2 N–H and O–H groups in total. The Morgan fingerprint density at radius 2 is 2.29 bits per heavy atom. The van der Waals surface area contributed by atoms with Gasteiger partial charge in [-0.25, -0.2) is 4.39 Å². The van der Waals surface area contributed by atoms with Crippen LogP contribution >= 0.6 is 0 Å². The lowest BCUT2D eigenvalue weighted by Crippen LogP contribution is -2.53. The molecule has 0 spiro atoms. The van der Waals surface area contributed by atoms with Crippen LogP contribution in [-0.4, -0.2) is 35.2 Å². The topological polar surface area (TPSA) is 80.0 Å². The number of piperazine rings is 1. The number of benzene rings is 1. The number of aromatic nitrogens is 2. The van der Waals surface area contributed by atoms with Gasteiger partial charge >= 0.3 is 0 Å². The first-order valence-corrected chi connectivity index (χ1v) is 6.73. The number of aryl methyl sites for hydroxylation is 1. The summed E-state index contributed by atoms with van der Waals surface area (Å²) < 4.78 is 18.3. The summed E-state index contributed by atoms with van der Waals surface area (Å²) >= 11 is 0. The first kappa shape index (κ1) is 13.7. The fourth-order valence-electron chi connectivity index (χ4n) is 2.31. The van der Waals surface area contributed by atoms with Crippen LogP contribution in [-0.2, 0) is 11.2 Å². The van der Waals surface area contributed by atoms with Gasteiger partial charge in [0.25, 0.3) is 0 Å². The van der Waals surface area contributed by atoms with Crippen molar-refractivity contribution in [2.24, 2.45) is 0 Å². The highest BCUT2D eigenvalue weighted by atomic mass is 19.1. The van der Waals surface area contributed by atoms with E-state index in [0.717, 1.165) is 5.56 Å². The van der Waals surface area contributed by atoms with E-state index in [4.69, 9.17) is 4.52 Å². The van der Waals surface area contributed by atoms with E-state index < -0.39 is 0 Å². The molecule has 2 aromatic rings. The minimum atomic E-state index is -0.360. The second-order valence-corrected chi connectivity index (χ2v) is 4.97. The smallest absolute Gasteiger partial charge is 0.237 e. The van der Waals surface area contributed by atoms with Gasteiger partial charge in [-0.05, 0) is 30.7 Å². The maximum absolute atomic E-state index is 13.1. The highest BCUT2D eigenvalue weighted by Gasteiger charge is 2.24. The Balaban J connectivity index is 1.78. The van der Waals surface area contributed by atoms with E-state index in [0.29, 0.717) is 36.8 Å². The Hall–Kier alpha value is -2.28. The van der Waals surface area contributed by atoms with Crippen molar-refractivity contribution in [1.29, 1.82) is 0 Å². The zero-order chi connectivity index (χ0) is 14.8. The lowest BCUT2D eigenvalue weighted by Gasteiger charge is -2.21. The first-order chi connectivity index (χ1) is 10.1. The van der Waals surface area contributed by atoms with Crippen LogP contribution in [0, 0.1) is 12.7 Å². The normalized spacial score (nSPS) is 18.6. The number of carbonyl (C=O) groups excluding carboxylic acids is 1. The SMILES string of the molecule is Cc1cc(F)ccc1-c1noc(CC2NCCNC2=O)n1. The van der Waals surface area contributed by atoms with E-state index in [2.05, 4.69) is 20.8 Å². The van der Waals surface area contributed by atoms with Gasteiger partial charge in [0.05, 0.1) is 12.5 Å². The summed E-state index contributed by atoms with van der Waals surface area (Å²) in [6, 6.07) is 4.03. The number of rotatable bonds is 3. The van der Waals surface area contributed by atoms with Crippen molar-refractivity contribution in [3.8, 4) is 11.4 Å².